The maximum Gasteiger partial charge on any atom is 0.297 e. The minimum atomic E-state index is -3.86. The van der Waals surface area contributed by atoms with Crippen LogP contribution in [-0.2, 0) is 19.1 Å². The molecule has 0 bridgehead atoms. The first kappa shape index (κ1) is 16.7. The molecule has 22 heavy (non-hydrogen) atoms. The largest absolute Gasteiger partial charge is 0.303 e. The molecule has 0 fully saturated rings. The summed E-state index contributed by atoms with van der Waals surface area (Å²) in [6.07, 6.45) is 4.03. The van der Waals surface area contributed by atoms with E-state index in [0.717, 1.165) is 9.79 Å². The number of pyridine rings is 1. The maximum absolute atomic E-state index is 12.2. The van der Waals surface area contributed by atoms with Gasteiger partial charge < -0.3 is 4.79 Å². The van der Waals surface area contributed by atoms with Gasteiger partial charge in [-0.05, 0) is 36.8 Å². The molecule has 7 heteroatoms. The number of carbonyl (C=O) groups excluding carboxylic acids is 1. The first-order valence-corrected chi connectivity index (χ1v) is 8.77. The zero-order chi connectivity index (χ0) is 16.0. The number of aldehydes is 1. The van der Waals surface area contributed by atoms with Crippen LogP contribution in [-0.4, -0.2) is 26.3 Å². The van der Waals surface area contributed by atoms with E-state index in [1.165, 1.54) is 17.8 Å². The van der Waals surface area contributed by atoms with Crippen molar-refractivity contribution in [1.82, 2.24) is 4.98 Å². The highest BCUT2D eigenvalue weighted by Gasteiger charge is 2.19. The molecule has 2 aromatic rings. The van der Waals surface area contributed by atoms with Crippen LogP contribution >= 0.6 is 11.8 Å². The normalized spacial score (nSPS) is 11.3. The lowest BCUT2D eigenvalue weighted by Crippen LogP contribution is -2.09. The summed E-state index contributed by atoms with van der Waals surface area (Å²) in [6, 6.07) is 8.73. The van der Waals surface area contributed by atoms with Gasteiger partial charge in [-0.2, -0.15) is 8.42 Å². The smallest absolute Gasteiger partial charge is 0.297 e. The van der Waals surface area contributed by atoms with Gasteiger partial charge in [0.1, 0.15) is 6.29 Å². The van der Waals surface area contributed by atoms with Gasteiger partial charge in [-0.3, -0.25) is 9.17 Å². The Morgan fingerprint density at radius 3 is 2.64 bits per heavy atom. The Balaban J connectivity index is 2.27. The quantitative estimate of drug-likeness (QED) is 0.439. The molecule has 0 saturated carbocycles. The second kappa shape index (κ2) is 7.53. The van der Waals surface area contributed by atoms with Crippen LogP contribution < -0.4 is 0 Å². The van der Waals surface area contributed by atoms with Crippen molar-refractivity contribution >= 4 is 28.2 Å². The molecule has 0 radical (unpaired) electrons. The third-order valence-electron chi connectivity index (χ3n) is 2.86. The molecule has 116 valence electrons. The Morgan fingerprint density at radius 2 is 1.95 bits per heavy atom. The van der Waals surface area contributed by atoms with Crippen molar-refractivity contribution in [2.75, 3.05) is 6.61 Å². The topological polar surface area (TPSA) is 73.3 Å². The van der Waals surface area contributed by atoms with Gasteiger partial charge in [-0.15, -0.1) is 0 Å². The van der Waals surface area contributed by atoms with Gasteiger partial charge in [-0.25, -0.2) is 0 Å². The molecule has 0 unspecified atom stereocenters. The SMILES string of the molecule is Cc1c(Sc2ccncc2)cccc1S(=O)(=O)OCCC=O. The number of hydrogen-bond acceptors (Lipinski definition) is 6. The van der Waals surface area contributed by atoms with Crippen LogP contribution in [0.1, 0.15) is 12.0 Å². The van der Waals surface area contributed by atoms with Gasteiger partial charge in [-0.1, -0.05) is 17.8 Å². The highest BCUT2D eigenvalue weighted by Crippen LogP contribution is 2.33. The van der Waals surface area contributed by atoms with E-state index in [4.69, 9.17) is 4.18 Å². The van der Waals surface area contributed by atoms with Crippen LogP contribution in [0.4, 0.5) is 0 Å². The Bertz CT molecular complexity index is 745. The molecule has 0 spiro atoms. The van der Waals surface area contributed by atoms with E-state index >= 15 is 0 Å². The highest BCUT2D eigenvalue weighted by atomic mass is 32.2. The third-order valence-corrected chi connectivity index (χ3v) is 5.48. The van der Waals surface area contributed by atoms with Gasteiger partial charge in [0.05, 0.1) is 11.5 Å². The first-order chi connectivity index (χ1) is 10.5. The molecule has 1 aromatic heterocycles. The van der Waals surface area contributed by atoms with Crippen LogP contribution in [0.5, 0.6) is 0 Å². The molecule has 2 rings (SSSR count). The third kappa shape index (κ3) is 4.16. The Hall–Kier alpha value is -1.70. The van der Waals surface area contributed by atoms with Crippen LogP contribution in [0, 0.1) is 6.92 Å². The molecule has 0 amide bonds. The number of benzene rings is 1. The van der Waals surface area contributed by atoms with Crippen molar-refractivity contribution in [1.29, 1.82) is 0 Å². The zero-order valence-electron chi connectivity index (χ0n) is 11.9. The second-order valence-corrected chi connectivity index (χ2v) is 7.09. The summed E-state index contributed by atoms with van der Waals surface area (Å²) < 4.78 is 29.2. The number of aromatic nitrogens is 1. The molecule has 0 aliphatic rings. The summed E-state index contributed by atoms with van der Waals surface area (Å²) in [4.78, 5) is 16.1. The fraction of sp³-hybridized carbons (Fsp3) is 0.200. The van der Waals surface area contributed by atoms with E-state index in [2.05, 4.69) is 4.98 Å². The van der Waals surface area contributed by atoms with E-state index in [1.807, 2.05) is 18.2 Å². The number of hydrogen-bond donors (Lipinski definition) is 0. The van der Waals surface area contributed by atoms with Gasteiger partial charge in [0.2, 0.25) is 0 Å². The minimum Gasteiger partial charge on any atom is -0.303 e. The predicted molar refractivity (Wildman–Crippen MR) is 83.4 cm³/mol. The first-order valence-electron chi connectivity index (χ1n) is 6.55. The number of rotatable bonds is 7. The van der Waals surface area contributed by atoms with Gasteiger partial charge in [0.25, 0.3) is 10.1 Å². The molecule has 0 aliphatic carbocycles. The zero-order valence-corrected chi connectivity index (χ0v) is 13.6. The average molecular weight is 337 g/mol. The summed E-state index contributed by atoms with van der Waals surface area (Å²) in [5, 5.41) is 0. The predicted octanol–water partition coefficient (Wildman–Crippen LogP) is 2.84. The Kier molecular flexibility index (Phi) is 5.70. The summed E-state index contributed by atoms with van der Waals surface area (Å²) in [7, 11) is -3.86. The fourth-order valence-electron chi connectivity index (χ4n) is 1.78. The average Bonchev–Trinajstić information content (AvgIpc) is 2.50. The van der Waals surface area contributed by atoms with Gasteiger partial charge in [0, 0.05) is 28.6 Å². The van der Waals surface area contributed by atoms with E-state index in [9.17, 15) is 13.2 Å². The van der Waals surface area contributed by atoms with Crippen molar-refractivity contribution in [2.24, 2.45) is 0 Å². The summed E-state index contributed by atoms with van der Waals surface area (Å²) >= 11 is 1.46. The Labute approximate surface area is 133 Å². The van der Waals surface area contributed by atoms with Crippen LogP contribution in [0.2, 0.25) is 0 Å². The van der Waals surface area contributed by atoms with Gasteiger partial charge in [0.15, 0.2) is 0 Å². The van der Waals surface area contributed by atoms with E-state index < -0.39 is 10.1 Å². The maximum atomic E-state index is 12.2. The number of nitrogens with zero attached hydrogens (tertiary/aromatic N) is 1. The fourth-order valence-corrected chi connectivity index (χ4v) is 3.94. The van der Waals surface area contributed by atoms with Gasteiger partial charge >= 0.3 is 0 Å². The van der Waals surface area contributed by atoms with Crippen molar-refractivity contribution in [2.45, 2.75) is 28.0 Å². The monoisotopic (exact) mass is 337 g/mol. The molecular formula is C15H15NO4S2. The van der Waals surface area contributed by atoms with Crippen molar-refractivity contribution in [3.05, 3.63) is 48.3 Å². The van der Waals surface area contributed by atoms with Crippen molar-refractivity contribution < 1.29 is 17.4 Å². The summed E-state index contributed by atoms with van der Waals surface area (Å²) in [5.41, 5.74) is 0.621. The van der Waals surface area contributed by atoms with E-state index in [-0.39, 0.29) is 17.9 Å². The molecule has 0 saturated heterocycles. The molecule has 1 heterocycles. The van der Waals surface area contributed by atoms with Crippen LogP contribution in [0.3, 0.4) is 0 Å². The Morgan fingerprint density at radius 1 is 1.23 bits per heavy atom. The lowest BCUT2D eigenvalue weighted by atomic mass is 10.2. The minimum absolute atomic E-state index is 0.0454. The molecule has 0 aliphatic heterocycles. The van der Waals surface area contributed by atoms with E-state index in [0.29, 0.717) is 11.8 Å². The lowest BCUT2D eigenvalue weighted by molar-refractivity contribution is -0.108. The standard InChI is InChI=1S/C15H15NO4S2/c1-12-14(21-13-6-8-16-9-7-13)4-2-5-15(12)22(18,19)20-11-3-10-17/h2,4-10H,3,11H2,1H3. The second-order valence-electron chi connectivity index (χ2n) is 4.40. The number of carbonyl (C=O) groups is 1. The lowest BCUT2D eigenvalue weighted by Gasteiger charge is -2.11. The molecule has 1 aromatic carbocycles. The van der Waals surface area contributed by atoms with Crippen molar-refractivity contribution in [3.8, 4) is 0 Å². The molecule has 0 atom stereocenters. The molecule has 5 nitrogen and oxygen atoms in total. The summed E-state index contributed by atoms with van der Waals surface area (Å²) in [6.45, 7) is 1.59. The van der Waals surface area contributed by atoms with Crippen molar-refractivity contribution in [3.63, 3.8) is 0 Å². The summed E-state index contributed by atoms with van der Waals surface area (Å²) in [5.74, 6) is 0. The molecular weight excluding hydrogens is 322 g/mol. The highest BCUT2D eigenvalue weighted by molar-refractivity contribution is 7.99. The van der Waals surface area contributed by atoms with E-state index in [1.54, 1.807) is 25.4 Å². The molecule has 0 N–H and O–H groups in total. The van der Waals surface area contributed by atoms with Crippen LogP contribution in [0.25, 0.3) is 0 Å². The van der Waals surface area contributed by atoms with Crippen LogP contribution in [0.15, 0.2) is 57.4 Å².